The number of hydrogen-bond acceptors (Lipinski definition) is 5. The van der Waals surface area contributed by atoms with Crippen molar-refractivity contribution in [1.29, 1.82) is 5.41 Å². The van der Waals surface area contributed by atoms with Crippen LogP contribution in [0.25, 0.3) is 11.1 Å². The van der Waals surface area contributed by atoms with Gasteiger partial charge < -0.3 is 16.0 Å². The molecule has 0 spiro atoms. The highest BCUT2D eigenvalue weighted by atomic mass is 16.1. The van der Waals surface area contributed by atoms with Crippen LogP contribution in [0, 0.1) is 5.41 Å². The molecule has 1 aliphatic heterocycles. The summed E-state index contributed by atoms with van der Waals surface area (Å²) in [6, 6.07) is 16.6. The van der Waals surface area contributed by atoms with E-state index in [9.17, 15) is 4.79 Å². The third-order valence-corrected chi connectivity index (χ3v) is 5.11. The highest BCUT2D eigenvalue weighted by Crippen LogP contribution is 2.28. The van der Waals surface area contributed by atoms with Crippen LogP contribution in [0.5, 0.6) is 0 Å². The number of nitrogens with zero attached hydrogens (tertiary/aromatic N) is 2. The summed E-state index contributed by atoms with van der Waals surface area (Å²) in [6.07, 6.45) is 6.07. The molecule has 6 heteroatoms. The van der Waals surface area contributed by atoms with E-state index in [4.69, 9.17) is 11.1 Å². The predicted molar refractivity (Wildman–Crippen MR) is 117 cm³/mol. The highest BCUT2D eigenvalue weighted by Gasteiger charge is 2.17. The highest BCUT2D eigenvalue weighted by molar-refractivity contribution is 6.48. The van der Waals surface area contributed by atoms with Gasteiger partial charge in [-0.05, 0) is 48.7 Å². The van der Waals surface area contributed by atoms with E-state index in [2.05, 4.69) is 21.3 Å². The number of para-hydroxylation sites is 1. The molecule has 146 valence electrons. The number of benzene rings is 2. The van der Waals surface area contributed by atoms with Gasteiger partial charge in [0.25, 0.3) is 5.91 Å². The van der Waals surface area contributed by atoms with Crippen LogP contribution in [-0.4, -0.2) is 29.7 Å². The quantitative estimate of drug-likeness (QED) is 0.458. The molecule has 4 rings (SSSR count). The first kappa shape index (κ1) is 18.7. The summed E-state index contributed by atoms with van der Waals surface area (Å²) in [4.78, 5) is 19.2. The number of carbonyl (C=O) groups is 1. The number of aromatic nitrogens is 1. The van der Waals surface area contributed by atoms with Gasteiger partial charge in [0.05, 0.1) is 11.9 Å². The van der Waals surface area contributed by atoms with Gasteiger partial charge in [0.2, 0.25) is 0 Å². The Morgan fingerprint density at radius 1 is 1.00 bits per heavy atom. The van der Waals surface area contributed by atoms with Crippen molar-refractivity contribution in [3.8, 4) is 11.1 Å². The summed E-state index contributed by atoms with van der Waals surface area (Å²) in [5, 5.41) is 11.1. The topological polar surface area (TPSA) is 95.1 Å². The van der Waals surface area contributed by atoms with E-state index in [0.717, 1.165) is 29.9 Å². The lowest BCUT2D eigenvalue weighted by atomic mass is 9.99. The second-order valence-electron chi connectivity index (χ2n) is 7.12. The zero-order valence-corrected chi connectivity index (χ0v) is 16.1. The zero-order valence-electron chi connectivity index (χ0n) is 16.1. The molecule has 4 N–H and O–H groups in total. The Morgan fingerprint density at radius 2 is 1.76 bits per heavy atom. The van der Waals surface area contributed by atoms with E-state index in [1.165, 1.54) is 12.8 Å². The average Bonchev–Trinajstić information content (AvgIpc) is 3.29. The summed E-state index contributed by atoms with van der Waals surface area (Å²) in [5.41, 5.74) is 10.3. The van der Waals surface area contributed by atoms with Gasteiger partial charge in [-0.25, -0.2) is 0 Å². The smallest absolute Gasteiger partial charge is 0.274 e. The van der Waals surface area contributed by atoms with Crippen molar-refractivity contribution in [3.05, 3.63) is 72.6 Å². The first-order chi connectivity index (χ1) is 14.1. The number of nitrogens with one attached hydrogen (secondary N) is 2. The number of hydrogen-bond donors (Lipinski definition) is 3. The fraction of sp³-hybridized carbons (Fsp3) is 0.174. The molecule has 1 amide bonds. The van der Waals surface area contributed by atoms with E-state index >= 15 is 0 Å². The molecule has 0 atom stereocenters. The lowest BCUT2D eigenvalue weighted by Gasteiger charge is -2.18. The molecule has 1 aromatic heterocycles. The maximum Gasteiger partial charge on any atom is 0.274 e. The number of nitrogen functional groups attached to an aromatic ring is 1. The van der Waals surface area contributed by atoms with Crippen molar-refractivity contribution in [2.24, 2.45) is 0 Å². The first-order valence-corrected chi connectivity index (χ1v) is 9.67. The minimum Gasteiger partial charge on any atom is -0.398 e. The molecular formula is C23H23N5O. The largest absolute Gasteiger partial charge is 0.398 e. The van der Waals surface area contributed by atoms with Crippen LogP contribution < -0.4 is 16.0 Å². The summed E-state index contributed by atoms with van der Waals surface area (Å²) < 4.78 is 0. The number of nitrogens with two attached hydrogens (primary N) is 1. The fourth-order valence-electron chi connectivity index (χ4n) is 3.52. The molecule has 1 saturated heterocycles. The van der Waals surface area contributed by atoms with Crippen LogP contribution in [0.15, 0.2) is 67.0 Å². The Labute approximate surface area is 169 Å². The van der Waals surface area contributed by atoms with Crippen molar-refractivity contribution in [3.63, 3.8) is 0 Å². The first-order valence-electron chi connectivity index (χ1n) is 9.67. The van der Waals surface area contributed by atoms with Crippen LogP contribution in [0.3, 0.4) is 0 Å². The molecule has 0 unspecified atom stereocenters. The molecule has 0 aliphatic carbocycles. The number of pyridine rings is 1. The molecule has 29 heavy (non-hydrogen) atoms. The van der Waals surface area contributed by atoms with Gasteiger partial charge in [-0.15, -0.1) is 0 Å². The van der Waals surface area contributed by atoms with Gasteiger partial charge in [0.15, 0.2) is 0 Å². The van der Waals surface area contributed by atoms with Gasteiger partial charge in [0.1, 0.15) is 5.71 Å². The summed E-state index contributed by atoms with van der Waals surface area (Å²) in [5.74, 6) is -0.496. The minimum absolute atomic E-state index is 0.170. The zero-order chi connectivity index (χ0) is 20.2. The van der Waals surface area contributed by atoms with Crippen molar-refractivity contribution in [2.45, 2.75) is 12.8 Å². The predicted octanol–water partition coefficient (Wildman–Crippen LogP) is 3.94. The van der Waals surface area contributed by atoms with Crippen molar-refractivity contribution in [2.75, 3.05) is 29.0 Å². The summed E-state index contributed by atoms with van der Waals surface area (Å²) in [6.45, 7) is 2.09. The fourth-order valence-corrected chi connectivity index (χ4v) is 3.52. The normalized spacial score (nSPS) is 13.3. The molecule has 6 nitrogen and oxygen atoms in total. The number of carbonyl (C=O) groups excluding carboxylic acids is 1. The monoisotopic (exact) mass is 385 g/mol. The Morgan fingerprint density at radius 3 is 2.52 bits per heavy atom. The van der Waals surface area contributed by atoms with Crippen LogP contribution >= 0.6 is 0 Å². The molecule has 0 bridgehead atoms. The molecule has 1 aliphatic rings. The third-order valence-electron chi connectivity index (χ3n) is 5.11. The van der Waals surface area contributed by atoms with Gasteiger partial charge in [-0.3, -0.25) is 15.2 Å². The molecule has 0 radical (unpaired) electrons. The summed E-state index contributed by atoms with van der Waals surface area (Å²) >= 11 is 0. The van der Waals surface area contributed by atoms with Crippen molar-refractivity contribution in [1.82, 2.24) is 4.98 Å². The van der Waals surface area contributed by atoms with Crippen molar-refractivity contribution >= 4 is 28.7 Å². The van der Waals surface area contributed by atoms with E-state index in [1.807, 2.05) is 30.5 Å². The van der Waals surface area contributed by atoms with Crippen LogP contribution in [0.1, 0.15) is 18.4 Å². The third kappa shape index (κ3) is 4.11. The molecule has 1 fully saturated rings. The second kappa shape index (κ2) is 8.14. The molecular weight excluding hydrogens is 362 g/mol. The number of anilines is 3. The average molecular weight is 385 g/mol. The number of amides is 1. The van der Waals surface area contributed by atoms with Gasteiger partial charge in [0, 0.05) is 41.8 Å². The number of rotatable bonds is 5. The lowest BCUT2D eigenvalue weighted by molar-refractivity contribution is -0.110. The maximum absolute atomic E-state index is 12.5. The Kier molecular flexibility index (Phi) is 5.24. The van der Waals surface area contributed by atoms with Gasteiger partial charge in [-0.2, -0.15) is 0 Å². The molecule has 2 heterocycles. The maximum atomic E-state index is 12.5. The molecule has 2 aromatic carbocycles. The minimum atomic E-state index is -0.496. The lowest BCUT2D eigenvalue weighted by Crippen LogP contribution is -2.23. The van der Waals surface area contributed by atoms with E-state index in [1.54, 1.807) is 30.5 Å². The van der Waals surface area contributed by atoms with Gasteiger partial charge >= 0.3 is 0 Å². The molecule has 3 aromatic rings. The summed E-state index contributed by atoms with van der Waals surface area (Å²) in [7, 11) is 0. The van der Waals surface area contributed by atoms with Crippen LogP contribution in [0.4, 0.5) is 17.1 Å². The SMILES string of the molecule is N=C(C(=O)Nc1ccccc1)c1cc(-c2cncc(N3CCCC3)c2)ccc1N. The second-order valence-corrected chi connectivity index (χ2v) is 7.12. The van der Waals surface area contributed by atoms with Crippen molar-refractivity contribution < 1.29 is 4.79 Å². The Hall–Kier alpha value is -3.67. The standard InChI is InChI=1S/C23H23N5O/c24-21-9-8-16(17-12-19(15-26-14-17)28-10-4-5-11-28)13-20(21)22(25)23(29)27-18-6-2-1-3-7-18/h1-3,6-9,12-15,25H,4-5,10-11,24H2,(H,27,29). The molecule has 0 saturated carbocycles. The van der Waals surface area contributed by atoms with Crippen LogP contribution in [0.2, 0.25) is 0 Å². The van der Waals surface area contributed by atoms with E-state index in [-0.39, 0.29) is 5.71 Å². The Bertz CT molecular complexity index is 1040. The van der Waals surface area contributed by atoms with Gasteiger partial charge in [-0.1, -0.05) is 24.3 Å². The Balaban J connectivity index is 1.60. The van der Waals surface area contributed by atoms with Crippen LogP contribution in [-0.2, 0) is 4.79 Å². The van der Waals surface area contributed by atoms with E-state index in [0.29, 0.717) is 16.9 Å². The van der Waals surface area contributed by atoms with E-state index < -0.39 is 5.91 Å².